The number of carbonyl (C=O) groups is 1. The SMILES string of the molecule is Nc1ccc(SCc2ccc(C(=O)O)cc2)c(Br)c1. The quantitative estimate of drug-likeness (QED) is 0.653. The average molecular weight is 338 g/mol. The minimum absolute atomic E-state index is 0.308. The molecule has 0 unspecified atom stereocenters. The molecule has 0 heterocycles. The summed E-state index contributed by atoms with van der Waals surface area (Å²) in [6.07, 6.45) is 0. The van der Waals surface area contributed by atoms with Gasteiger partial charge in [0.05, 0.1) is 5.56 Å². The van der Waals surface area contributed by atoms with Gasteiger partial charge in [0.1, 0.15) is 0 Å². The van der Waals surface area contributed by atoms with Crippen LogP contribution in [0.2, 0.25) is 0 Å². The van der Waals surface area contributed by atoms with Crippen LogP contribution in [0.15, 0.2) is 51.8 Å². The highest BCUT2D eigenvalue weighted by atomic mass is 79.9. The van der Waals surface area contributed by atoms with Crippen LogP contribution < -0.4 is 5.73 Å². The van der Waals surface area contributed by atoms with Crippen LogP contribution in [0.4, 0.5) is 5.69 Å². The molecule has 98 valence electrons. The predicted octanol–water partition coefficient (Wildman–Crippen LogP) is 4.02. The number of carboxylic acid groups (broad SMARTS) is 1. The molecule has 0 radical (unpaired) electrons. The Bertz CT molecular complexity index is 599. The lowest BCUT2D eigenvalue weighted by atomic mass is 10.1. The summed E-state index contributed by atoms with van der Waals surface area (Å²) in [5, 5.41) is 8.82. The summed E-state index contributed by atoms with van der Waals surface area (Å²) in [7, 11) is 0. The van der Waals surface area contributed by atoms with Gasteiger partial charge in [0.2, 0.25) is 0 Å². The molecule has 0 atom stereocenters. The van der Waals surface area contributed by atoms with Gasteiger partial charge < -0.3 is 10.8 Å². The molecule has 5 heteroatoms. The van der Waals surface area contributed by atoms with Gasteiger partial charge in [0, 0.05) is 20.8 Å². The van der Waals surface area contributed by atoms with Crippen LogP contribution in [0, 0.1) is 0 Å². The summed E-state index contributed by atoms with van der Waals surface area (Å²) in [5.74, 6) is -0.122. The second-order valence-electron chi connectivity index (χ2n) is 3.98. The molecule has 0 aliphatic rings. The summed E-state index contributed by atoms with van der Waals surface area (Å²) in [4.78, 5) is 11.9. The molecule has 3 nitrogen and oxygen atoms in total. The number of hydrogen-bond acceptors (Lipinski definition) is 3. The highest BCUT2D eigenvalue weighted by Gasteiger charge is 2.04. The van der Waals surface area contributed by atoms with Gasteiger partial charge >= 0.3 is 5.97 Å². The first-order valence-corrected chi connectivity index (χ1v) is 7.34. The molecular formula is C14H12BrNO2S. The van der Waals surface area contributed by atoms with Crippen LogP contribution in [0.3, 0.4) is 0 Å². The van der Waals surface area contributed by atoms with Crippen molar-refractivity contribution in [3.63, 3.8) is 0 Å². The lowest BCUT2D eigenvalue weighted by molar-refractivity contribution is 0.0697. The van der Waals surface area contributed by atoms with Gasteiger partial charge in [-0.15, -0.1) is 11.8 Å². The van der Waals surface area contributed by atoms with Gasteiger partial charge in [0.25, 0.3) is 0 Å². The van der Waals surface area contributed by atoms with E-state index in [2.05, 4.69) is 15.9 Å². The summed E-state index contributed by atoms with van der Waals surface area (Å²) < 4.78 is 0.972. The third kappa shape index (κ3) is 3.75. The number of aromatic carboxylic acids is 1. The van der Waals surface area contributed by atoms with Gasteiger partial charge in [-0.2, -0.15) is 0 Å². The Hall–Kier alpha value is -1.46. The van der Waals surface area contributed by atoms with Crippen LogP contribution in [0.1, 0.15) is 15.9 Å². The van der Waals surface area contributed by atoms with E-state index in [0.717, 1.165) is 26.4 Å². The van der Waals surface area contributed by atoms with E-state index in [-0.39, 0.29) is 0 Å². The minimum atomic E-state index is -0.902. The van der Waals surface area contributed by atoms with Crippen molar-refractivity contribution in [3.8, 4) is 0 Å². The van der Waals surface area contributed by atoms with Crippen LogP contribution in [-0.2, 0) is 5.75 Å². The zero-order chi connectivity index (χ0) is 13.8. The fourth-order valence-electron chi connectivity index (χ4n) is 1.54. The molecule has 2 rings (SSSR count). The van der Waals surface area contributed by atoms with Crippen molar-refractivity contribution < 1.29 is 9.90 Å². The van der Waals surface area contributed by atoms with Gasteiger partial charge in [0.15, 0.2) is 0 Å². The molecule has 3 N–H and O–H groups in total. The Morgan fingerprint density at radius 2 is 1.89 bits per heavy atom. The molecular weight excluding hydrogens is 326 g/mol. The summed E-state index contributed by atoms with van der Waals surface area (Å²) >= 11 is 5.15. The van der Waals surface area contributed by atoms with Crippen molar-refractivity contribution in [3.05, 3.63) is 58.1 Å². The number of hydrogen-bond donors (Lipinski definition) is 2. The average Bonchev–Trinajstić information content (AvgIpc) is 2.38. The van der Waals surface area contributed by atoms with E-state index >= 15 is 0 Å². The van der Waals surface area contributed by atoms with Crippen LogP contribution in [0.5, 0.6) is 0 Å². The lowest BCUT2D eigenvalue weighted by Gasteiger charge is -2.06. The Balaban J connectivity index is 2.04. The molecule has 2 aromatic rings. The number of halogens is 1. The highest BCUT2D eigenvalue weighted by molar-refractivity contribution is 9.10. The standard InChI is InChI=1S/C14H12BrNO2S/c15-12-7-11(16)5-6-13(12)19-8-9-1-3-10(4-2-9)14(17)18/h1-7H,8,16H2,(H,17,18). The van der Waals surface area contributed by atoms with E-state index in [0.29, 0.717) is 5.56 Å². The molecule has 0 aliphatic heterocycles. The summed E-state index contributed by atoms with van der Waals surface area (Å²) in [6, 6.07) is 12.6. The molecule has 0 aliphatic carbocycles. The first-order chi connectivity index (χ1) is 9.06. The molecule has 0 bridgehead atoms. The van der Waals surface area contributed by atoms with Crippen molar-refractivity contribution in [2.75, 3.05) is 5.73 Å². The fraction of sp³-hybridized carbons (Fsp3) is 0.0714. The number of rotatable bonds is 4. The zero-order valence-corrected chi connectivity index (χ0v) is 12.4. The molecule has 0 amide bonds. The maximum atomic E-state index is 10.7. The Morgan fingerprint density at radius 1 is 1.21 bits per heavy atom. The predicted molar refractivity (Wildman–Crippen MR) is 81.5 cm³/mol. The van der Waals surface area contributed by atoms with Crippen molar-refractivity contribution >= 4 is 39.3 Å². The smallest absolute Gasteiger partial charge is 0.335 e. The van der Waals surface area contributed by atoms with Crippen molar-refractivity contribution in [1.29, 1.82) is 0 Å². The largest absolute Gasteiger partial charge is 0.478 e. The normalized spacial score (nSPS) is 10.4. The number of nitrogens with two attached hydrogens (primary N) is 1. The van der Waals surface area contributed by atoms with Crippen LogP contribution >= 0.6 is 27.7 Å². The lowest BCUT2D eigenvalue weighted by Crippen LogP contribution is -1.95. The second-order valence-corrected chi connectivity index (χ2v) is 5.85. The Kier molecular flexibility index (Phi) is 4.50. The third-order valence-electron chi connectivity index (χ3n) is 2.55. The van der Waals surface area contributed by atoms with Crippen molar-refractivity contribution in [2.24, 2.45) is 0 Å². The second kappa shape index (κ2) is 6.12. The highest BCUT2D eigenvalue weighted by Crippen LogP contribution is 2.31. The van der Waals surface area contributed by atoms with Crippen LogP contribution in [-0.4, -0.2) is 11.1 Å². The molecule has 19 heavy (non-hydrogen) atoms. The van der Waals surface area contributed by atoms with Crippen molar-refractivity contribution in [2.45, 2.75) is 10.6 Å². The van der Waals surface area contributed by atoms with Gasteiger partial charge in [-0.3, -0.25) is 0 Å². The molecule has 0 saturated heterocycles. The van der Waals surface area contributed by atoms with E-state index in [1.54, 1.807) is 23.9 Å². The first-order valence-electron chi connectivity index (χ1n) is 5.56. The van der Waals surface area contributed by atoms with E-state index < -0.39 is 5.97 Å². The zero-order valence-electron chi connectivity index (χ0n) is 9.97. The van der Waals surface area contributed by atoms with Gasteiger partial charge in [-0.05, 0) is 51.8 Å². The molecule has 2 aromatic carbocycles. The maximum Gasteiger partial charge on any atom is 0.335 e. The Morgan fingerprint density at radius 3 is 2.47 bits per heavy atom. The third-order valence-corrected chi connectivity index (χ3v) is 4.61. The minimum Gasteiger partial charge on any atom is -0.478 e. The Labute approximate surface area is 124 Å². The number of benzene rings is 2. The molecule has 0 fully saturated rings. The number of nitrogen functional groups attached to an aromatic ring is 1. The molecule has 0 spiro atoms. The molecule has 0 aromatic heterocycles. The van der Waals surface area contributed by atoms with E-state index in [9.17, 15) is 4.79 Å². The molecule has 0 saturated carbocycles. The first kappa shape index (κ1) is 14.0. The summed E-state index contributed by atoms with van der Waals surface area (Å²) in [5.41, 5.74) is 7.80. The number of carboxylic acids is 1. The van der Waals surface area contributed by atoms with E-state index in [1.165, 1.54) is 0 Å². The van der Waals surface area contributed by atoms with Crippen LogP contribution in [0.25, 0.3) is 0 Å². The van der Waals surface area contributed by atoms with E-state index in [1.807, 2.05) is 30.3 Å². The number of anilines is 1. The van der Waals surface area contributed by atoms with Gasteiger partial charge in [-0.25, -0.2) is 4.79 Å². The maximum absolute atomic E-state index is 10.7. The monoisotopic (exact) mass is 337 g/mol. The van der Waals surface area contributed by atoms with Crippen molar-refractivity contribution in [1.82, 2.24) is 0 Å². The van der Waals surface area contributed by atoms with Gasteiger partial charge in [-0.1, -0.05) is 12.1 Å². The summed E-state index contributed by atoms with van der Waals surface area (Å²) in [6.45, 7) is 0. The van der Waals surface area contributed by atoms with E-state index in [4.69, 9.17) is 10.8 Å². The topological polar surface area (TPSA) is 63.3 Å². The fourth-order valence-corrected chi connectivity index (χ4v) is 3.15. The number of thioether (sulfide) groups is 1.